The molecule has 1 aliphatic heterocycles. The van der Waals surface area contributed by atoms with Crippen molar-refractivity contribution in [1.82, 2.24) is 0 Å². The number of fused-ring (bicyclic) bond motifs is 3. The highest BCUT2D eigenvalue weighted by Crippen LogP contribution is 2.29. The smallest absolute Gasteiger partial charge is 0.456 e. The van der Waals surface area contributed by atoms with E-state index in [9.17, 15) is 0 Å². The second-order valence-corrected chi connectivity index (χ2v) is 5.84. The summed E-state index contributed by atoms with van der Waals surface area (Å²) in [5, 5.41) is 2.23. The van der Waals surface area contributed by atoms with Crippen LogP contribution in [0.25, 0.3) is 21.9 Å². The zero-order valence-corrected chi connectivity index (χ0v) is 11.6. The van der Waals surface area contributed by atoms with Crippen LogP contribution in [0.15, 0.2) is 46.9 Å². The molecular formula is C16H15BO3. The van der Waals surface area contributed by atoms with Crippen LogP contribution in [0.4, 0.5) is 0 Å². The molecule has 0 saturated carbocycles. The Morgan fingerprint density at radius 1 is 1.00 bits per heavy atom. The minimum absolute atomic E-state index is 0.251. The third-order valence-electron chi connectivity index (χ3n) is 3.70. The Balaban J connectivity index is 1.92. The van der Waals surface area contributed by atoms with Gasteiger partial charge in [0.2, 0.25) is 0 Å². The third kappa shape index (κ3) is 1.76. The van der Waals surface area contributed by atoms with Crippen molar-refractivity contribution in [2.45, 2.75) is 19.4 Å². The molecule has 1 aromatic heterocycles. The highest BCUT2D eigenvalue weighted by molar-refractivity contribution is 6.64. The molecule has 0 bridgehead atoms. The lowest BCUT2D eigenvalue weighted by Gasteiger charge is -2.15. The number of hydrogen-bond acceptors (Lipinski definition) is 3. The molecule has 0 atom stereocenters. The van der Waals surface area contributed by atoms with Crippen molar-refractivity contribution >= 4 is 34.5 Å². The molecule has 2 aromatic carbocycles. The van der Waals surface area contributed by atoms with Crippen LogP contribution in [-0.2, 0) is 9.31 Å². The van der Waals surface area contributed by atoms with Crippen molar-refractivity contribution in [3.63, 3.8) is 0 Å². The van der Waals surface area contributed by atoms with E-state index in [2.05, 4.69) is 12.1 Å². The fourth-order valence-corrected chi connectivity index (χ4v) is 2.74. The van der Waals surface area contributed by atoms with E-state index in [1.807, 2.05) is 44.2 Å². The van der Waals surface area contributed by atoms with E-state index in [0.717, 1.165) is 27.4 Å². The molecule has 0 unspecified atom stereocenters. The van der Waals surface area contributed by atoms with Crippen LogP contribution < -0.4 is 5.46 Å². The Hall–Kier alpha value is -1.78. The number of para-hydroxylation sites is 2. The van der Waals surface area contributed by atoms with Gasteiger partial charge in [0, 0.05) is 16.2 Å². The predicted molar refractivity (Wildman–Crippen MR) is 80.2 cm³/mol. The Labute approximate surface area is 117 Å². The van der Waals surface area contributed by atoms with Gasteiger partial charge >= 0.3 is 7.12 Å². The van der Waals surface area contributed by atoms with Gasteiger partial charge in [0.25, 0.3) is 0 Å². The van der Waals surface area contributed by atoms with Crippen molar-refractivity contribution in [3.8, 4) is 0 Å². The molecule has 20 heavy (non-hydrogen) atoms. The minimum Gasteiger partial charge on any atom is -0.456 e. The maximum absolute atomic E-state index is 6.00. The van der Waals surface area contributed by atoms with Gasteiger partial charge in [-0.3, -0.25) is 0 Å². The summed E-state index contributed by atoms with van der Waals surface area (Å²) < 4.78 is 17.7. The quantitative estimate of drug-likeness (QED) is 0.634. The molecule has 100 valence electrons. The number of furan rings is 1. The molecular weight excluding hydrogens is 251 g/mol. The largest absolute Gasteiger partial charge is 0.498 e. The third-order valence-corrected chi connectivity index (χ3v) is 3.70. The van der Waals surface area contributed by atoms with Gasteiger partial charge < -0.3 is 13.7 Å². The first-order valence-corrected chi connectivity index (χ1v) is 6.84. The molecule has 4 rings (SSSR count). The molecule has 2 heterocycles. The predicted octanol–water partition coefficient (Wildman–Crippen LogP) is 3.11. The van der Waals surface area contributed by atoms with Crippen LogP contribution in [0.3, 0.4) is 0 Å². The first kappa shape index (κ1) is 12.0. The Kier molecular flexibility index (Phi) is 2.47. The summed E-state index contributed by atoms with van der Waals surface area (Å²) >= 11 is 0. The Morgan fingerprint density at radius 2 is 1.80 bits per heavy atom. The molecule has 4 heteroatoms. The molecule has 0 spiro atoms. The monoisotopic (exact) mass is 266 g/mol. The summed E-state index contributed by atoms with van der Waals surface area (Å²) in [5.74, 6) is 0. The summed E-state index contributed by atoms with van der Waals surface area (Å²) in [4.78, 5) is 0. The zero-order chi connectivity index (χ0) is 13.7. The minimum atomic E-state index is -0.353. The fourth-order valence-electron chi connectivity index (χ4n) is 2.74. The van der Waals surface area contributed by atoms with Gasteiger partial charge in [-0.15, -0.1) is 0 Å². The molecule has 1 aliphatic rings. The van der Waals surface area contributed by atoms with E-state index in [0.29, 0.717) is 6.61 Å². The van der Waals surface area contributed by atoms with E-state index in [-0.39, 0.29) is 12.7 Å². The lowest BCUT2D eigenvalue weighted by atomic mass is 9.78. The van der Waals surface area contributed by atoms with E-state index in [4.69, 9.17) is 13.7 Å². The van der Waals surface area contributed by atoms with Gasteiger partial charge in [-0.2, -0.15) is 0 Å². The van der Waals surface area contributed by atoms with Gasteiger partial charge in [-0.05, 0) is 19.9 Å². The molecule has 1 saturated heterocycles. The van der Waals surface area contributed by atoms with Crippen LogP contribution in [0.1, 0.15) is 13.8 Å². The van der Waals surface area contributed by atoms with E-state index >= 15 is 0 Å². The van der Waals surface area contributed by atoms with Crippen molar-refractivity contribution < 1.29 is 13.7 Å². The molecule has 0 aliphatic carbocycles. The topological polar surface area (TPSA) is 31.6 Å². The summed E-state index contributed by atoms with van der Waals surface area (Å²) in [5.41, 5.74) is 2.46. The second kappa shape index (κ2) is 4.11. The van der Waals surface area contributed by atoms with E-state index in [1.54, 1.807) is 0 Å². The van der Waals surface area contributed by atoms with Crippen molar-refractivity contribution in [1.29, 1.82) is 0 Å². The summed E-state index contributed by atoms with van der Waals surface area (Å²) in [6.45, 7) is 4.66. The van der Waals surface area contributed by atoms with Gasteiger partial charge in [0.1, 0.15) is 11.2 Å². The molecule has 3 aromatic rings. The highest BCUT2D eigenvalue weighted by atomic mass is 16.7. The van der Waals surface area contributed by atoms with E-state index < -0.39 is 0 Å². The summed E-state index contributed by atoms with van der Waals surface area (Å²) in [7, 11) is -0.353. The SMILES string of the molecule is CC1(C)COB(c2cccc3c2oc2ccccc23)O1. The summed E-state index contributed by atoms with van der Waals surface area (Å²) in [6, 6.07) is 14.2. The Morgan fingerprint density at radius 3 is 2.60 bits per heavy atom. The summed E-state index contributed by atoms with van der Waals surface area (Å²) in [6.07, 6.45) is 0. The molecule has 1 fully saturated rings. The van der Waals surface area contributed by atoms with Gasteiger partial charge in [-0.1, -0.05) is 36.4 Å². The second-order valence-electron chi connectivity index (χ2n) is 5.84. The molecule has 0 radical (unpaired) electrons. The van der Waals surface area contributed by atoms with Gasteiger partial charge in [-0.25, -0.2) is 0 Å². The lowest BCUT2D eigenvalue weighted by Crippen LogP contribution is -2.34. The first-order chi connectivity index (χ1) is 9.64. The van der Waals surface area contributed by atoms with Crippen LogP contribution >= 0.6 is 0 Å². The van der Waals surface area contributed by atoms with Crippen LogP contribution in [-0.4, -0.2) is 19.3 Å². The fraction of sp³-hybridized carbons (Fsp3) is 0.250. The van der Waals surface area contributed by atoms with Gasteiger partial charge in [0.15, 0.2) is 0 Å². The number of rotatable bonds is 1. The Bertz CT molecular complexity index is 791. The van der Waals surface area contributed by atoms with E-state index in [1.165, 1.54) is 0 Å². The molecule has 0 N–H and O–H groups in total. The van der Waals surface area contributed by atoms with Crippen LogP contribution in [0, 0.1) is 0 Å². The van der Waals surface area contributed by atoms with Crippen molar-refractivity contribution in [3.05, 3.63) is 42.5 Å². The molecule has 3 nitrogen and oxygen atoms in total. The van der Waals surface area contributed by atoms with Crippen LogP contribution in [0.2, 0.25) is 0 Å². The number of benzene rings is 2. The average Bonchev–Trinajstić information content (AvgIpc) is 2.98. The van der Waals surface area contributed by atoms with Gasteiger partial charge in [0.05, 0.1) is 12.2 Å². The number of hydrogen-bond donors (Lipinski definition) is 0. The maximum atomic E-state index is 6.00. The van der Waals surface area contributed by atoms with Crippen LogP contribution in [0.5, 0.6) is 0 Å². The highest BCUT2D eigenvalue weighted by Gasteiger charge is 2.39. The van der Waals surface area contributed by atoms with Crippen molar-refractivity contribution in [2.24, 2.45) is 0 Å². The lowest BCUT2D eigenvalue weighted by molar-refractivity contribution is 0.137. The standard InChI is InChI=1S/C16H15BO3/c1-16(2)10-18-17(20-16)13-8-5-7-12-11-6-3-4-9-14(11)19-15(12)13/h3-9H,10H2,1-2H3. The normalized spacial score (nSPS) is 18.2. The average molecular weight is 266 g/mol. The maximum Gasteiger partial charge on any atom is 0.498 e. The van der Waals surface area contributed by atoms with Crippen molar-refractivity contribution in [2.75, 3.05) is 6.61 Å². The molecule has 0 amide bonds. The first-order valence-electron chi connectivity index (χ1n) is 6.84. The zero-order valence-electron chi connectivity index (χ0n) is 11.6.